The second kappa shape index (κ2) is 2.77. The fourth-order valence-corrected chi connectivity index (χ4v) is 1.04. The maximum Gasteiger partial charge on any atom is 0.317 e. The summed E-state index contributed by atoms with van der Waals surface area (Å²) in [6.45, 7) is 0. The predicted octanol–water partition coefficient (Wildman–Crippen LogP) is 1.59. The van der Waals surface area contributed by atoms with Gasteiger partial charge in [-0.1, -0.05) is 18.2 Å². The minimum absolute atomic E-state index is 0.427. The van der Waals surface area contributed by atoms with Crippen molar-refractivity contribution < 1.29 is 4.74 Å². The molecule has 0 unspecified atom stereocenters. The van der Waals surface area contributed by atoms with Gasteiger partial charge in [0.2, 0.25) is 0 Å². The number of imidazole rings is 1. The molecule has 0 fully saturated rings. The highest BCUT2D eigenvalue weighted by Crippen LogP contribution is 2.19. The highest BCUT2D eigenvalue weighted by atomic mass is 16.5. The number of hydrogen-bond donors (Lipinski definition) is 0. The van der Waals surface area contributed by atoms with Gasteiger partial charge in [0.1, 0.15) is 0 Å². The monoisotopic (exact) mass is 160 g/mol. The van der Waals surface area contributed by atoms with Crippen LogP contribution in [0, 0.1) is 0 Å². The molecule has 0 aromatic rings. The molecule has 2 rings (SSSR count). The van der Waals surface area contributed by atoms with Gasteiger partial charge in [0.05, 0.1) is 18.5 Å². The fraction of sp³-hybridized carbons (Fsp3) is 0.111. The van der Waals surface area contributed by atoms with Crippen LogP contribution < -0.4 is 4.74 Å². The van der Waals surface area contributed by atoms with Gasteiger partial charge in [-0.05, 0) is 12.1 Å². The first-order chi connectivity index (χ1) is 5.90. The van der Waals surface area contributed by atoms with Gasteiger partial charge in [-0.25, -0.2) is 0 Å². The molecular weight excluding hydrogens is 152 g/mol. The summed E-state index contributed by atoms with van der Waals surface area (Å²) in [6, 6.07) is 10.0. The molecule has 1 aliphatic carbocycles. The van der Waals surface area contributed by atoms with Gasteiger partial charge < -0.3 is 4.74 Å². The molecule has 1 aliphatic heterocycles. The molecule has 0 saturated carbocycles. The normalized spacial score (nSPS) is 10.1. The first kappa shape index (κ1) is 7.03. The summed E-state index contributed by atoms with van der Waals surface area (Å²) in [5.41, 5.74) is 1.72. The van der Waals surface area contributed by atoms with Crippen molar-refractivity contribution in [2.24, 2.45) is 0 Å². The lowest BCUT2D eigenvalue weighted by Gasteiger charge is -1.84. The molecule has 0 radical (unpaired) electrons. The van der Waals surface area contributed by atoms with E-state index in [0.717, 1.165) is 11.4 Å². The van der Waals surface area contributed by atoms with Crippen molar-refractivity contribution in [1.29, 1.82) is 0 Å². The molecule has 3 heteroatoms. The van der Waals surface area contributed by atoms with Crippen LogP contribution in [0.2, 0.25) is 0 Å². The minimum atomic E-state index is 0.427. The van der Waals surface area contributed by atoms with Crippen LogP contribution in [0.4, 0.5) is 0 Å². The lowest BCUT2D eigenvalue weighted by Crippen LogP contribution is -1.82. The zero-order chi connectivity index (χ0) is 8.39. The Morgan fingerprint density at radius 1 is 1.00 bits per heavy atom. The van der Waals surface area contributed by atoms with Crippen LogP contribution in [0.5, 0.6) is 6.01 Å². The summed E-state index contributed by atoms with van der Waals surface area (Å²) in [4.78, 5) is 8.28. The largest absolute Gasteiger partial charge is 0.467 e. The van der Waals surface area contributed by atoms with Crippen LogP contribution >= 0.6 is 0 Å². The molecule has 0 spiro atoms. The summed E-state index contributed by atoms with van der Waals surface area (Å²) in [5, 5.41) is 0. The average Bonchev–Trinajstić information content (AvgIpc) is 2.37. The van der Waals surface area contributed by atoms with E-state index < -0.39 is 0 Å². The van der Waals surface area contributed by atoms with Crippen molar-refractivity contribution in [3.63, 3.8) is 0 Å². The van der Waals surface area contributed by atoms with E-state index in [1.54, 1.807) is 7.11 Å². The first-order valence-electron chi connectivity index (χ1n) is 3.67. The maximum absolute atomic E-state index is 4.91. The summed E-state index contributed by atoms with van der Waals surface area (Å²) in [5.74, 6) is 0. The van der Waals surface area contributed by atoms with Crippen LogP contribution in [-0.2, 0) is 0 Å². The van der Waals surface area contributed by atoms with Crippen LogP contribution in [0.1, 0.15) is 0 Å². The summed E-state index contributed by atoms with van der Waals surface area (Å²) >= 11 is 0. The second-order valence-corrected chi connectivity index (χ2v) is 2.39. The molecule has 3 nitrogen and oxygen atoms in total. The Balaban J connectivity index is 2.61. The van der Waals surface area contributed by atoms with E-state index in [4.69, 9.17) is 4.74 Å². The first-order valence-corrected chi connectivity index (χ1v) is 3.67. The molecule has 2 aliphatic rings. The second-order valence-electron chi connectivity index (χ2n) is 2.39. The lowest BCUT2D eigenvalue weighted by atomic mass is 10.3. The highest BCUT2D eigenvalue weighted by molar-refractivity contribution is 5.56. The van der Waals surface area contributed by atoms with Crippen LogP contribution in [0.25, 0.3) is 11.4 Å². The third-order valence-electron chi connectivity index (χ3n) is 1.61. The zero-order valence-corrected chi connectivity index (χ0v) is 6.69. The Labute approximate surface area is 70.4 Å². The standard InChI is InChI=1S/C9H8N2O/c1-12-9-10-7-5-3-2-4-6-8(7)11-9/h2-6H,1H3. The van der Waals surface area contributed by atoms with Crippen molar-refractivity contribution in [1.82, 2.24) is 9.97 Å². The van der Waals surface area contributed by atoms with Gasteiger partial charge in [-0.15, -0.1) is 0 Å². The number of nitrogens with zero attached hydrogens (tertiary/aromatic N) is 2. The average molecular weight is 160 g/mol. The van der Waals surface area contributed by atoms with E-state index in [2.05, 4.69) is 9.97 Å². The zero-order valence-electron chi connectivity index (χ0n) is 6.69. The smallest absolute Gasteiger partial charge is 0.317 e. The summed E-state index contributed by atoms with van der Waals surface area (Å²) in [6.07, 6.45) is 0. The Kier molecular flexibility index (Phi) is 1.63. The lowest BCUT2D eigenvalue weighted by molar-refractivity contribution is 0.385. The predicted molar refractivity (Wildman–Crippen MR) is 45.2 cm³/mol. The van der Waals surface area contributed by atoms with Crippen LogP contribution in [0.3, 0.4) is 0 Å². The number of methoxy groups -OCH3 is 1. The van der Waals surface area contributed by atoms with Gasteiger partial charge >= 0.3 is 6.01 Å². The molecule has 0 saturated heterocycles. The third-order valence-corrected chi connectivity index (χ3v) is 1.61. The van der Waals surface area contributed by atoms with Crippen LogP contribution in [-0.4, -0.2) is 17.1 Å². The molecule has 0 aromatic heterocycles. The van der Waals surface area contributed by atoms with E-state index in [-0.39, 0.29) is 0 Å². The number of fused-ring (bicyclic) bond motifs is 1. The van der Waals surface area contributed by atoms with E-state index in [9.17, 15) is 0 Å². The molecule has 0 aromatic carbocycles. The van der Waals surface area contributed by atoms with E-state index in [1.807, 2.05) is 30.3 Å². The number of hydrogen-bond acceptors (Lipinski definition) is 3. The third kappa shape index (κ3) is 1.09. The Morgan fingerprint density at radius 2 is 1.58 bits per heavy atom. The molecule has 0 amide bonds. The SMILES string of the molecule is COc1nc2cccccc-2n1. The van der Waals surface area contributed by atoms with Crippen molar-refractivity contribution in [3.8, 4) is 17.4 Å². The minimum Gasteiger partial charge on any atom is -0.467 e. The summed E-state index contributed by atoms with van der Waals surface area (Å²) in [7, 11) is 1.56. The van der Waals surface area contributed by atoms with Gasteiger partial charge in [0.25, 0.3) is 0 Å². The van der Waals surface area contributed by atoms with Crippen molar-refractivity contribution in [2.45, 2.75) is 0 Å². The highest BCUT2D eigenvalue weighted by Gasteiger charge is 2.07. The molecule has 12 heavy (non-hydrogen) atoms. The Bertz CT molecular complexity index is 331. The van der Waals surface area contributed by atoms with Crippen molar-refractivity contribution in [2.75, 3.05) is 7.11 Å². The van der Waals surface area contributed by atoms with Crippen molar-refractivity contribution >= 4 is 0 Å². The van der Waals surface area contributed by atoms with E-state index in [0.29, 0.717) is 6.01 Å². The fourth-order valence-electron chi connectivity index (χ4n) is 1.04. The molecule has 0 atom stereocenters. The molecule has 0 bridgehead atoms. The molecule has 1 heterocycles. The van der Waals surface area contributed by atoms with Crippen LogP contribution in [0.15, 0.2) is 30.3 Å². The van der Waals surface area contributed by atoms with Crippen molar-refractivity contribution in [3.05, 3.63) is 30.3 Å². The number of aromatic nitrogens is 2. The van der Waals surface area contributed by atoms with Gasteiger partial charge in [0.15, 0.2) is 0 Å². The quantitative estimate of drug-likeness (QED) is 0.635. The maximum atomic E-state index is 4.91. The van der Waals surface area contributed by atoms with E-state index in [1.165, 1.54) is 0 Å². The number of rotatable bonds is 1. The molecule has 0 N–H and O–H groups in total. The summed E-state index contributed by atoms with van der Waals surface area (Å²) < 4.78 is 4.91. The number of ether oxygens (including phenoxy) is 1. The molecular formula is C9H8N2O. The Morgan fingerprint density at radius 3 is 2.08 bits per heavy atom. The van der Waals surface area contributed by atoms with Gasteiger partial charge in [-0.3, -0.25) is 0 Å². The Hall–Kier alpha value is -1.64. The van der Waals surface area contributed by atoms with Gasteiger partial charge in [-0.2, -0.15) is 9.97 Å². The van der Waals surface area contributed by atoms with E-state index >= 15 is 0 Å². The topological polar surface area (TPSA) is 35.0 Å². The van der Waals surface area contributed by atoms with Gasteiger partial charge in [0, 0.05) is 0 Å². The molecule has 60 valence electrons.